The summed E-state index contributed by atoms with van der Waals surface area (Å²) in [6.07, 6.45) is 4.04. The average molecular weight is 407 g/mol. The summed E-state index contributed by atoms with van der Waals surface area (Å²) in [5.74, 6) is -2.84. The van der Waals surface area contributed by atoms with Gasteiger partial charge in [-0.25, -0.2) is 0 Å². The van der Waals surface area contributed by atoms with Crippen LogP contribution >= 0.6 is 11.8 Å². The van der Waals surface area contributed by atoms with Crippen LogP contribution in [0.1, 0.15) is 39.5 Å². The lowest BCUT2D eigenvalue weighted by molar-refractivity contribution is -0.243. The topological polar surface area (TPSA) is 52.6 Å². The number of carbonyl (C=O) groups excluding carboxylic acids is 2. The van der Waals surface area contributed by atoms with E-state index in [2.05, 4.69) is 43.9 Å². The number of cyclic esters (lactones) is 2. The molecule has 0 N–H and O–H groups in total. The number of ether oxygens (including phenoxy) is 2. The van der Waals surface area contributed by atoms with Gasteiger partial charge in [-0.1, -0.05) is 50.7 Å². The zero-order chi connectivity index (χ0) is 19.8. The van der Waals surface area contributed by atoms with Gasteiger partial charge in [-0.3, -0.25) is 9.59 Å². The summed E-state index contributed by atoms with van der Waals surface area (Å²) < 4.78 is 10.8. The zero-order valence-electron chi connectivity index (χ0n) is 16.9. The van der Waals surface area contributed by atoms with Gasteiger partial charge in [0, 0.05) is 24.0 Å². The molecule has 2 fully saturated rings. The van der Waals surface area contributed by atoms with E-state index >= 15 is 0 Å². The lowest BCUT2D eigenvalue weighted by atomic mass is 9.79. The van der Waals surface area contributed by atoms with Crippen LogP contribution in [-0.4, -0.2) is 31.0 Å². The largest absolute Gasteiger partial charge is 0.422 e. The first-order valence-electron chi connectivity index (χ1n) is 9.80. The molecule has 1 heterocycles. The summed E-state index contributed by atoms with van der Waals surface area (Å²) in [7, 11) is -1.47. The number of carbonyl (C=O) groups is 2. The Morgan fingerprint density at radius 1 is 1.00 bits per heavy atom. The third-order valence-corrected chi connectivity index (χ3v) is 9.09. The Labute approximate surface area is 167 Å². The van der Waals surface area contributed by atoms with Gasteiger partial charge < -0.3 is 9.47 Å². The fraction of sp³-hybridized carbons (Fsp3) is 0.619. The van der Waals surface area contributed by atoms with Crippen LogP contribution in [0.2, 0.25) is 19.6 Å². The highest BCUT2D eigenvalue weighted by atomic mass is 32.2. The minimum atomic E-state index is -1.47. The monoisotopic (exact) mass is 406 g/mol. The maximum Gasteiger partial charge on any atom is 0.323 e. The molecule has 1 saturated carbocycles. The van der Waals surface area contributed by atoms with Crippen molar-refractivity contribution in [2.45, 2.75) is 75.1 Å². The van der Waals surface area contributed by atoms with Crippen LogP contribution in [0, 0.1) is 11.8 Å². The number of hydrogen-bond acceptors (Lipinski definition) is 5. The zero-order valence-corrected chi connectivity index (χ0v) is 18.7. The Hall–Kier alpha value is -1.27. The van der Waals surface area contributed by atoms with Crippen LogP contribution in [0.25, 0.3) is 0 Å². The molecule has 1 aromatic carbocycles. The second kappa shape index (κ2) is 7.63. The van der Waals surface area contributed by atoms with Gasteiger partial charge in [-0.05, 0) is 30.0 Å². The molecule has 0 unspecified atom stereocenters. The quantitative estimate of drug-likeness (QED) is 0.423. The van der Waals surface area contributed by atoms with Gasteiger partial charge in [0.2, 0.25) is 0 Å². The summed E-state index contributed by atoms with van der Waals surface area (Å²) in [6, 6.07) is 8.60. The number of thioether (sulfide) groups is 1. The minimum Gasteiger partial charge on any atom is -0.422 e. The molecule has 2 atom stereocenters. The van der Waals surface area contributed by atoms with Crippen molar-refractivity contribution >= 4 is 37.0 Å². The molecule has 1 aliphatic carbocycles. The predicted molar refractivity (Wildman–Crippen MR) is 111 cm³/mol. The lowest BCUT2D eigenvalue weighted by Crippen LogP contribution is -2.51. The third kappa shape index (κ3) is 4.59. The molecule has 148 valence electrons. The summed E-state index contributed by atoms with van der Waals surface area (Å²) in [6.45, 7) is 10.3. The molecule has 27 heavy (non-hydrogen) atoms. The molecule has 3 rings (SSSR count). The van der Waals surface area contributed by atoms with Gasteiger partial charge in [0.25, 0.3) is 5.79 Å². The van der Waals surface area contributed by atoms with Crippen molar-refractivity contribution in [3.63, 3.8) is 0 Å². The molecule has 0 amide bonds. The smallest absolute Gasteiger partial charge is 0.323 e. The van der Waals surface area contributed by atoms with E-state index in [9.17, 15) is 9.59 Å². The maximum absolute atomic E-state index is 12.6. The SMILES string of the molecule is CC1(C)OC(=O)C([C@H]2CCCC[C@@H]2Sc2ccccc2[Si](C)(C)C)C(=O)O1. The maximum atomic E-state index is 12.6. The van der Waals surface area contributed by atoms with E-state index in [0.29, 0.717) is 0 Å². The van der Waals surface area contributed by atoms with Crippen LogP contribution in [0.4, 0.5) is 0 Å². The van der Waals surface area contributed by atoms with Gasteiger partial charge in [-0.2, -0.15) is 0 Å². The van der Waals surface area contributed by atoms with Crippen LogP contribution in [0.3, 0.4) is 0 Å². The van der Waals surface area contributed by atoms with Crippen molar-refractivity contribution in [1.82, 2.24) is 0 Å². The highest BCUT2D eigenvalue weighted by molar-refractivity contribution is 8.00. The summed E-state index contributed by atoms with van der Waals surface area (Å²) in [5, 5.41) is 1.66. The number of benzene rings is 1. The lowest BCUT2D eigenvalue weighted by Gasteiger charge is -2.40. The second-order valence-corrected chi connectivity index (χ2v) is 15.4. The Morgan fingerprint density at radius 2 is 1.59 bits per heavy atom. The molecule has 0 bridgehead atoms. The third-order valence-electron chi connectivity index (χ3n) is 5.36. The summed E-state index contributed by atoms with van der Waals surface area (Å²) in [4.78, 5) is 26.5. The Balaban J connectivity index is 1.85. The van der Waals surface area contributed by atoms with E-state index in [4.69, 9.17) is 9.47 Å². The summed E-state index contributed by atoms with van der Waals surface area (Å²) in [5.41, 5.74) is 0. The molecular weight excluding hydrogens is 376 g/mol. The van der Waals surface area contributed by atoms with Crippen molar-refractivity contribution in [2.24, 2.45) is 11.8 Å². The molecule has 1 aliphatic heterocycles. The van der Waals surface area contributed by atoms with Crippen molar-refractivity contribution in [2.75, 3.05) is 0 Å². The van der Waals surface area contributed by atoms with Crippen LogP contribution in [-0.2, 0) is 19.1 Å². The van der Waals surface area contributed by atoms with E-state index in [0.717, 1.165) is 25.7 Å². The highest BCUT2D eigenvalue weighted by Crippen LogP contribution is 2.43. The van der Waals surface area contributed by atoms with Crippen molar-refractivity contribution in [3.8, 4) is 0 Å². The van der Waals surface area contributed by atoms with E-state index in [1.54, 1.807) is 13.8 Å². The van der Waals surface area contributed by atoms with E-state index in [1.807, 2.05) is 11.8 Å². The van der Waals surface area contributed by atoms with Crippen molar-refractivity contribution in [3.05, 3.63) is 24.3 Å². The molecule has 6 heteroatoms. The molecular formula is C21H30O4SSi. The first-order chi connectivity index (χ1) is 12.6. The van der Waals surface area contributed by atoms with Gasteiger partial charge >= 0.3 is 11.9 Å². The van der Waals surface area contributed by atoms with E-state index in [1.165, 1.54) is 10.1 Å². The van der Waals surface area contributed by atoms with Gasteiger partial charge in [0.05, 0.1) is 8.07 Å². The fourth-order valence-corrected chi connectivity index (χ4v) is 8.03. The number of esters is 2. The minimum absolute atomic E-state index is 0.0328. The van der Waals surface area contributed by atoms with Crippen molar-refractivity contribution < 1.29 is 19.1 Å². The Morgan fingerprint density at radius 3 is 2.22 bits per heavy atom. The van der Waals surface area contributed by atoms with E-state index in [-0.39, 0.29) is 11.2 Å². The average Bonchev–Trinajstić information content (AvgIpc) is 2.54. The van der Waals surface area contributed by atoms with Gasteiger partial charge in [-0.15, -0.1) is 11.8 Å². The first kappa shape index (κ1) is 20.5. The molecule has 4 nitrogen and oxygen atoms in total. The van der Waals surface area contributed by atoms with Crippen LogP contribution in [0.15, 0.2) is 29.2 Å². The Bertz CT molecular complexity index is 705. The van der Waals surface area contributed by atoms with E-state index < -0.39 is 31.7 Å². The normalized spacial score (nSPS) is 26.4. The first-order valence-corrected chi connectivity index (χ1v) is 14.2. The standard InChI is InChI=1S/C21H30O4SSi/c1-21(2)24-19(22)18(20(23)25-21)14-10-6-7-11-15(14)26-16-12-8-9-13-17(16)27(3,4)5/h8-9,12-15,18H,6-7,10-11H2,1-5H3/t14-,15-/m0/s1. The van der Waals surface area contributed by atoms with Gasteiger partial charge in [0.15, 0.2) is 5.92 Å². The second-order valence-electron chi connectivity index (χ2n) is 9.07. The van der Waals surface area contributed by atoms with Crippen LogP contribution in [0.5, 0.6) is 0 Å². The highest BCUT2D eigenvalue weighted by Gasteiger charge is 2.49. The molecule has 2 aliphatic rings. The molecule has 0 radical (unpaired) electrons. The molecule has 1 saturated heterocycles. The number of rotatable bonds is 4. The summed E-state index contributed by atoms with van der Waals surface area (Å²) >= 11 is 1.84. The van der Waals surface area contributed by atoms with Crippen LogP contribution < -0.4 is 5.19 Å². The molecule has 1 aromatic rings. The predicted octanol–water partition coefficient (Wildman–Crippen LogP) is 4.34. The molecule has 0 aromatic heterocycles. The Kier molecular flexibility index (Phi) is 5.78. The van der Waals surface area contributed by atoms with Gasteiger partial charge in [0.1, 0.15) is 0 Å². The molecule has 0 spiro atoms. The fourth-order valence-electron chi connectivity index (χ4n) is 4.08. The van der Waals surface area contributed by atoms with Crippen molar-refractivity contribution in [1.29, 1.82) is 0 Å². The number of hydrogen-bond donors (Lipinski definition) is 0.